The largest absolute Gasteiger partial charge is 0.494 e. The molecule has 1 amide bonds. The van der Waals surface area contributed by atoms with Crippen LogP contribution in [0.25, 0.3) is 0 Å². The van der Waals surface area contributed by atoms with E-state index in [9.17, 15) is 4.79 Å². The SMILES string of the molecule is CCOc1ccc(NCCC(=O)NCc2ccccn2)cc1. The van der Waals surface area contributed by atoms with Gasteiger partial charge in [-0.25, -0.2) is 0 Å². The molecule has 2 N–H and O–H groups in total. The van der Waals surface area contributed by atoms with Gasteiger partial charge in [0.15, 0.2) is 0 Å². The van der Waals surface area contributed by atoms with Crippen molar-refractivity contribution in [3.05, 3.63) is 54.4 Å². The third-order valence-electron chi connectivity index (χ3n) is 3.04. The first-order valence-electron chi connectivity index (χ1n) is 7.41. The van der Waals surface area contributed by atoms with Gasteiger partial charge in [-0.2, -0.15) is 0 Å². The zero-order chi connectivity index (χ0) is 15.6. The summed E-state index contributed by atoms with van der Waals surface area (Å²) in [6.07, 6.45) is 2.13. The molecule has 0 aliphatic heterocycles. The summed E-state index contributed by atoms with van der Waals surface area (Å²) in [7, 11) is 0. The summed E-state index contributed by atoms with van der Waals surface area (Å²) >= 11 is 0. The molecule has 5 nitrogen and oxygen atoms in total. The maximum absolute atomic E-state index is 11.7. The second-order valence-electron chi connectivity index (χ2n) is 4.73. The van der Waals surface area contributed by atoms with E-state index in [1.807, 2.05) is 49.4 Å². The molecule has 0 atom stereocenters. The van der Waals surface area contributed by atoms with Crippen LogP contribution in [0.5, 0.6) is 5.75 Å². The molecule has 2 aromatic rings. The molecule has 2 rings (SSSR count). The van der Waals surface area contributed by atoms with E-state index >= 15 is 0 Å². The van der Waals surface area contributed by atoms with Crippen molar-refractivity contribution in [2.45, 2.75) is 19.9 Å². The van der Waals surface area contributed by atoms with Crippen LogP contribution in [-0.2, 0) is 11.3 Å². The fourth-order valence-corrected chi connectivity index (χ4v) is 1.94. The van der Waals surface area contributed by atoms with Gasteiger partial charge in [0.2, 0.25) is 5.91 Å². The van der Waals surface area contributed by atoms with Gasteiger partial charge in [0.1, 0.15) is 5.75 Å². The fourth-order valence-electron chi connectivity index (χ4n) is 1.94. The highest BCUT2D eigenvalue weighted by Gasteiger charge is 2.02. The Morgan fingerprint density at radius 1 is 1.18 bits per heavy atom. The van der Waals surface area contributed by atoms with Gasteiger partial charge in [-0.3, -0.25) is 9.78 Å². The van der Waals surface area contributed by atoms with E-state index in [4.69, 9.17) is 4.74 Å². The number of pyridine rings is 1. The van der Waals surface area contributed by atoms with E-state index in [2.05, 4.69) is 15.6 Å². The molecule has 0 saturated carbocycles. The van der Waals surface area contributed by atoms with E-state index in [-0.39, 0.29) is 5.91 Å². The third kappa shape index (κ3) is 5.44. The average molecular weight is 299 g/mol. The number of hydrogen-bond acceptors (Lipinski definition) is 4. The summed E-state index contributed by atoms with van der Waals surface area (Å²) in [5, 5.41) is 6.06. The van der Waals surface area contributed by atoms with E-state index < -0.39 is 0 Å². The van der Waals surface area contributed by atoms with Crippen LogP contribution >= 0.6 is 0 Å². The number of carbonyl (C=O) groups excluding carboxylic acids is 1. The molecule has 0 saturated heterocycles. The number of rotatable bonds is 8. The van der Waals surface area contributed by atoms with Crippen LogP contribution in [0.3, 0.4) is 0 Å². The monoisotopic (exact) mass is 299 g/mol. The topological polar surface area (TPSA) is 63.2 Å². The normalized spacial score (nSPS) is 10.0. The molecule has 0 unspecified atom stereocenters. The van der Waals surface area contributed by atoms with Crippen LogP contribution in [0.1, 0.15) is 19.0 Å². The number of nitrogens with one attached hydrogen (secondary N) is 2. The number of ether oxygens (including phenoxy) is 1. The number of hydrogen-bond donors (Lipinski definition) is 2. The van der Waals surface area contributed by atoms with Crippen LogP contribution in [0.4, 0.5) is 5.69 Å². The molecule has 1 heterocycles. The van der Waals surface area contributed by atoms with Gasteiger partial charge >= 0.3 is 0 Å². The predicted molar refractivity (Wildman–Crippen MR) is 86.8 cm³/mol. The summed E-state index contributed by atoms with van der Waals surface area (Å²) in [5.41, 5.74) is 1.83. The first-order chi connectivity index (χ1) is 10.8. The summed E-state index contributed by atoms with van der Waals surface area (Å²) in [6, 6.07) is 13.3. The zero-order valence-electron chi connectivity index (χ0n) is 12.7. The van der Waals surface area contributed by atoms with E-state index in [1.165, 1.54) is 0 Å². The van der Waals surface area contributed by atoms with Crippen LogP contribution < -0.4 is 15.4 Å². The first-order valence-corrected chi connectivity index (χ1v) is 7.41. The van der Waals surface area contributed by atoms with Gasteiger partial charge in [0, 0.05) is 24.8 Å². The molecule has 0 fully saturated rings. The van der Waals surface area contributed by atoms with Crippen molar-refractivity contribution >= 4 is 11.6 Å². The Morgan fingerprint density at radius 2 is 2.00 bits per heavy atom. The average Bonchev–Trinajstić information content (AvgIpc) is 2.56. The molecule has 22 heavy (non-hydrogen) atoms. The lowest BCUT2D eigenvalue weighted by atomic mass is 10.3. The number of carbonyl (C=O) groups is 1. The van der Waals surface area contributed by atoms with Gasteiger partial charge in [0.05, 0.1) is 18.8 Å². The Labute approximate surface area is 130 Å². The number of aromatic nitrogens is 1. The van der Waals surface area contributed by atoms with Crippen molar-refractivity contribution in [1.82, 2.24) is 10.3 Å². The van der Waals surface area contributed by atoms with Gasteiger partial charge in [-0.1, -0.05) is 6.07 Å². The highest BCUT2D eigenvalue weighted by Crippen LogP contribution is 2.15. The highest BCUT2D eigenvalue weighted by atomic mass is 16.5. The van der Waals surface area contributed by atoms with Gasteiger partial charge < -0.3 is 15.4 Å². The van der Waals surface area contributed by atoms with Crippen molar-refractivity contribution in [3.8, 4) is 5.75 Å². The fraction of sp³-hybridized carbons (Fsp3) is 0.294. The van der Waals surface area contributed by atoms with Crippen LogP contribution in [-0.4, -0.2) is 24.0 Å². The molecule has 0 radical (unpaired) electrons. The lowest BCUT2D eigenvalue weighted by Crippen LogP contribution is -2.25. The standard InChI is InChI=1S/C17H21N3O2/c1-2-22-16-8-6-14(7-9-16)19-12-10-17(21)20-13-15-5-3-4-11-18-15/h3-9,11,19H,2,10,12-13H2,1H3,(H,20,21). The first kappa shape index (κ1) is 15.8. The lowest BCUT2D eigenvalue weighted by molar-refractivity contribution is -0.121. The summed E-state index contributed by atoms with van der Waals surface area (Å²) in [4.78, 5) is 15.9. The quantitative estimate of drug-likeness (QED) is 0.786. The second kappa shape index (κ2) is 8.67. The summed E-state index contributed by atoms with van der Waals surface area (Å²) in [5.74, 6) is 0.852. The lowest BCUT2D eigenvalue weighted by Gasteiger charge is -2.08. The van der Waals surface area contributed by atoms with E-state index in [0.717, 1.165) is 17.1 Å². The van der Waals surface area contributed by atoms with Crippen molar-refractivity contribution in [2.75, 3.05) is 18.5 Å². The molecule has 1 aromatic heterocycles. The van der Waals surface area contributed by atoms with Crippen molar-refractivity contribution in [1.29, 1.82) is 0 Å². The van der Waals surface area contributed by atoms with Crippen LogP contribution in [0, 0.1) is 0 Å². The Bertz CT molecular complexity index is 570. The molecular formula is C17H21N3O2. The minimum atomic E-state index is 0.00379. The third-order valence-corrected chi connectivity index (χ3v) is 3.04. The van der Waals surface area contributed by atoms with E-state index in [0.29, 0.717) is 26.1 Å². The van der Waals surface area contributed by atoms with Gasteiger partial charge in [0.25, 0.3) is 0 Å². The molecule has 0 spiro atoms. The van der Waals surface area contributed by atoms with Gasteiger partial charge in [-0.05, 0) is 43.3 Å². The number of anilines is 1. The predicted octanol–water partition coefficient (Wildman–Crippen LogP) is 2.60. The number of amides is 1. The molecule has 1 aromatic carbocycles. The highest BCUT2D eigenvalue weighted by molar-refractivity contribution is 5.76. The molecule has 0 aliphatic carbocycles. The maximum Gasteiger partial charge on any atom is 0.222 e. The summed E-state index contributed by atoms with van der Waals surface area (Å²) < 4.78 is 5.38. The maximum atomic E-state index is 11.7. The minimum Gasteiger partial charge on any atom is -0.494 e. The molecular weight excluding hydrogens is 278 g/mol. The Morgan fingerprint density at radius 3 is 2.68 bits per heavy atom. The number of benzene rings is 1. The minimum absolute atomic E-state index is 0.00379. The van der Waals surface area contributed by atoms with Gasteiger partial charge in [-0.15, -0.1) is 0 Å². The Balaban J connectivity index is 1.66. The van der Waals surface area contributed by atoms with Crippen molar-refractivity contribution in [2.24, 2.45) is 0 Å². The molecule has 116 valence electrons. The van der Waals surface area contributed by atoms with Crippen molar-refractivity contribution in [3.63, 3.8) is 0 Å². The molecule has 5 heteroatoms. The van der Waals surface area contributed by atoms with E-state index in [1.54, 1.807) is 6.20 Å². The smallest absolute Gasteiger partial charge is 0.222 e. The zero-order valence-corrected chi connectivity index (χ0v) is 12.7. The Hall–Kier alpha value is -2.56. The van der Waals surface area contributed by atoms with Crippen LogP contribution in [0.15, 0.2) is 48.7 Å². The number of nitrogens with zero attached hydrogens (tertiary/aromatic N) is 1. The Kier molecular flexibility index (Phi) is 6.23. The molecule has 0 bridgehead atoms. The van der Waals surface area contributed by atoms with Crippen molar-refractivity contribution < 1.29 is 9.53 Å². The van der Waals surface area contributed by atoms with Crippen LogP contribution in [0.2, 0.25) is 0 Å². The summed E-state index contributed by atoms with van der Waals surface area (Å²) in [6.45, 7) is 3.66. The second-order valence-corrected chi connectivity index (χ2v) is 4.73. The molecule has 0 aliphatic rings.